The molecular weight excluding hydrogens is 352 g/mol. The summed E-state index contributed by atoms with van der Waals surface area (Å²) in [5.41, 5.74) is 4.53. The summed E-state index contributed by atoms with van der Waals surface area (Å²) < 4.78 is 8.58. The van der Waals surface area contributed by atoms with Crippen molar-refractivity contribution < 1.29 is 4.74 Å². The average Bonchev–Trinajstić information content (AvgIpc) is 3.06. The molecular formula is C22H20N4O2. The molecule has 6 nitrogen and oxygen atoms in total. The van der Waals surface area contributed by atoms with E-state index in [0.29, 0.717) is 12.3 Å². The van der Waals surface area contributed by atoms with E-state index >= 15 is 0 Å². The molecule has 6 heteroatoms. The first-order valence-electron chi connectivity index (χ1n) is 8.99. The van der Waals surface area contributed by atoms with Gasteiger partial charge in [0.05, 0.1) is 5.69 Å². The van der Waals surface area contributed by atoms with Crippen molar-refractivity contribution in [2.75, 3.05) is 0 Å². The van der Waals surface area contributed by atoms with Crippen molar-refractivity contribution in [3.05, 3.63) is 94.4 Å². The van der Waals surface area contributed by atoms with Crippen molar-refractivity contribution in [3.63, 3.8) is 0 Å². The Bertz CT molecular complexity index is 1160. The molecule has 4 rings (SSSR count). The maximum absolute atomic E-state index is 12.3. The number of benzene rings is 3. The Morgan fingerprint density at radius 1 is 0.893 bits per heavy atom. The molecule has 0 spiro atoms. The van der Waals surface area contributed by atoms with E-state index in [1.165, 1.54) is 9.36 Å². The van der Waals surface area contributed by atoms with Crippen LogP contribution in [0.5, 0.6) is 5.75 Å². The van der Waals surface area contributed by atoms with Gasteiger partial charge in [-0.2, -0.15) is 9.36 Å². The van der Waals surface area contributed by atoms with Crippen molar-refractivity contribution in [1.29, 1.82) is 0 Å². The van der Waals surface area contributed by atoms with Gasteiger partial charge in [0.15, 0.2) is 0 Å². The van der Waals surface area contributed by atoms with Crippen LogP contribution >= 0.6 is 0 Å². The van der Waals surface area contributed by atoms with Gasteiger partial charge in [0, 0.05) is 12.6 Å². The highest BCUT2D eigenvalue weighted by molar-refractivity contribution is 5.64. The summed E-state index contributed by atoms with van der Waals surface area (Å²) in [5, 5.41) is 7.76. The Balaban J connectivity index is 1.63. The number of hydrogen-bond donors (Lipinski definition) is 0. The van der Waals surface area contributed by atoms with Gasteiger partial charge in [-0.25, -0.2) is 4.79 Å². The van der Waals surface area contributed by atoms with Crippen LogP contribution in [-0.4, -0.2) is 19.8 Å². The molecule has 4 aromatic rings. The van der Waals surface area contributed by atoms with Gasteiger partial charge in [0.1, 0.15) is 12.4 Å². The van der Waals surface area contributed by atoms with Crippen molar-refractivity contribution in [3.8, 4) is 22.6 Å². The molecule has 28 heavy (non-hydrogen) atoms. The zero-order valence-corrected chi connectivity index (χ0v) is 15.7. The third-order valence-corrected chi connectivity index (χ3v) is 4.66. The molecule has 0 fully saturated rings. The SMILES string of the molecule is Cc1cccc(-n2nnn(C)c2=O)c1COc1cccc(-c2ccccc2)c1. The molecule has 0 aliphatic rings. The third kappa shape index (κ3) is 3.44. The van der Waals surface area contributed by atoms with Crippen LogP contribution in [0.3, 0.4) is 0 Å². The molecule has 1 heterocycles. The van der Waals surface area contributed by atoms with Gasteiger partial charge in [0.25, 0.3) is 0 Å². The molecule has 0 unspecified atom stereocenters. The van der Waals surface area contributed by atoms with Gasteiger partial charge in [-0.3, -0.25) is 0 Å². The number of tetrazole rings is 1. The summed E-state index contributed by atoms with van der Waals surface area (Å²) in [6.07, 6.45) is 0. The topological polar surface area (TPSA) is 61.9 Å². The Kier molecular flexibility index (Phi) is 4.76. The van der Waals surface area contributed by atoms with Crippen LogP contribution in [-0.2, 0) is 13.7 Å². The van der Waals surface area contributed by atoms with Crippen LogP contribution < -0.4 is 10.4 Å². The minimum atomic E-state index is -0.294. The van der Waals surface area contributed by atoms with Gasteiger partial charge in [0.2, 0.25) is 0 Å². The number of ether oxygens (including phenoxy) is 1. The molecule has 0 saturated heterocycles. The molecule has 0 aliphatic heterocycles. The summed E-state index contributed by atoms with van der Waals surface area (Å²) in [6, 6.07) is 23.9. The van der Waals surface area contributed by atoms with Crippen LogP contribution in [0.4, 0.5) is 0 Å². The summed E-state index contributed by atoms with van der Waals surface area (Å²) in [7, 11) is 1.58. The van der Waals surface area contributed by atoms with Gasteiger partial charge in [-0.05, 0) is 52.2 Å². The Hall–Kier alpha value is -3.67. The van der Waals surface area contributed by atoms with Crippen molar-refractivity contribution in [1.82, 2.24) is 19.8 Å². The van der Waals surface area contributed by atoms with E-state index < -0.39 is 0 Å². The lowest BCUT2D eigenvalue weighted by atomic mass is 10.1. The first kappa shape index (κ1) is 17.7. The zero-order valence-electron chi connectivity index (χ0n) is 15.7. The quantitative estimate of drug-likeness (QED) is 0.538. The van der Waals surface area contributed by atoms with E-state index in [1.54, 1.807) is 7.05 Å². The third-order valence-electron chi connectivity index (χ3n) is 4.66. The minimum absolute atomic E-state index is 0.294. The van der Waals surface area contributed by atoms with E-state index in [-0.39, 0.29) is 5.69 Å². The second kappa shape index (κ2) is 7.52. The Labute approximate surface area is 162 Å². The number of hydrogen-bond acceptors (Lipinski definition) is 4. The molecule has 0 saturated carbocycles. The van der Waals surface area contributed by atoms with E-state index in [4.69, 9.17) is 4.74 Å². The molecule has 140 valence electrons. The second-order valence-electron chi connectivity index (χ2n) is 6.55. The van der Waals surface area contributed by atoms with Crippen LogP contribution in [0.15, 0.2) is 77.6 Å². The molecule has 0 aliphatic carbocycles. The first-order valence-corrected chi connectivity index (χ1v) is 8.99. The Morgan fingerprint density at radius 2 is 1.64 bits per heavy atom. The summed E-state index contributed by atoms with van der Waals surface area (Å²) >= 11 is 0. The molecule has 0 bridgehead atoms. The highest BCUT2D eigenvalue weighted by Gasteiger charge is 2.13. The number of aromatic nitrogens is 4. The molecule has 1 aromatic heterocycles. The summed E-state index contributed by atoms with van der Waals surface area (Å²) in [6.45, 7) is 2.31. The smallest absolute Gasteiger partial charge is 0.368 e. The van der Waals surface area contributed by atoms with Gasteiger partial charge in [-0.1, -0.05) is 54.6 Å². The minimum Gasteiger partial charge on any atom is -0.489 e. The Morgan fingerprint density at radius 3 is 2.39 bits per heavy atom. The normalized spacial score (nSPS) is 10.8. The fourth-order valence-electron chi connectivity index (χ4n) is 3.09. The monoisotopic (exact) mass is 372 g/mol. The van der Waals surface area contributed by atoms with Crippen molar-refractivity contribution in [2.24, 2.45) is 7.05 Å². The van der Waals surface area contributed by atoms with Gasteiger partial charge >= 0.3 is 5.69 Å². The van der Waals surface area contributed by atoms with E-state index in [2.05, 4.69) is 28.6 Å². The summed E-state index contributed by atoms with van der Waals surface area (Å²) in [4.78, 5) is 12.3. The maximum Gasteiger partial charge on any atom is 0.368 e. The standard InChI is InChI=1S/C22H20N4O2/c1-16-8-6-13-21(26-22(27)25(2)23-24-26)20(16)15-28-19-12-7-11-18(14-19)17-9-4-3-5-10-17/h3-14H,15H2,1-2H3. The fraction of sp³-hybridized carbons (Fsp3) is 0.136. The van der Waals surface area contributed by atoms with Crippen LogP contribution in [0.1, 0.15) is 11.1 Å². The molecule has 0 amide bonds. The lowest BCUT2D eigenvalue weighted by Crippen LogP contribution is -2.23. The van der Waals surface area contributed by atoms with E-state index in [1.807, 2.05) is 61.5 Å². The highest BCUT2D eigenvalue weighted by Crippen LogP contribution is 2.25. The summed E-state index contributed by atoms with van der Waals surface area (Å²) in [5.74, 6) is 0.766. The number of nitrogens with zero attached hydrogens (tertiary/aromatic N) is 4. The predicted molar refractivity (Wildman–Crippen MR) is 108 cm³/mol. The highest BCUT2D eigenvalue weighted by atomic mass is 16.5. The lowest BCUT2D eigenvalue weighted by molar-refractivity contribution is 0.305. The van der Waals surface area contributed by atoms with Crippen LogP contribution in [0.25, 0.3) is 16.8 Å². The van der Waals surface area contributed by atoms with Crippen LogP contribution in [0, 0.1) is 6.92 Å². The van der Waals surface area contributed by atoms with Crippen molar-refractivity contribution in [2.45, 2.75) is 13.5 Å². The molecule has 3 aromatic carbocycles. The largest absolute Gasteiger partial charge is 0.489 e. The number of rotatable bonds is 5. The van der Waals surface area contributed by atoms with E-state index in [0.717, 1.165) is 28.0 Å². The van der Waals surface area contributed by atoms with Gasteiger partial charge in [-0.15, -0.1) is 0 Å². The average molecular weight is 372 g/mol. The fourth-order valence-corrected chi connectivity index (χ4v) is 3.09. The molecule has 0 N–H and O–H groups in total. The molecule has 0 atom stereocenters. The van der Waals surface area contributed by atoms with E-state index in [9.17, 15) is 4.79 Å². The van der Waals surface area contributed by atoms with Crippen LogP contribution in [0.2, 0.25) is 0 Å². The van der Waals surface area contributed by atoms with Gasteiger partial charge < -0.3 is 4.74 Å². The first-order chi connectivity index (χ1) is 13.6. The zero-order chi connectivity index (χ0) is 19.5. The maximum atomic E-state index is 12.3. The second-order valence-corrected chi connectivity index (χ2v) is 6.55. The molecule has 0 radical (unpaired) electrons. The van der Waals surface area contributed by atoms with Crippen molar-refractivity contribution >= 4 is 0 Å². The predicted octanol–water partition coefficient (Wildman–Crippen LogP) is 3.52. The lowest BCUT2D eigenvalue weighted by Gasteiger charge is -2.13. The number of aryl methyl sites for hydroxylation is 2.